The molecule has 0 spiro atoms. The van der Waals surface area contributed by atoms with Gasteiger partial charge in [0.2, 0.25) is 0 Å². The second-order valence-electron chi connectivity index (χ2n) is 4.41. The molecule has 0 aliphatic carbocycles. The predicted octanol–water partition coefficient (Wildman–Crippen LogP) is 3.41. The fourth-order valence-corrected chi connectivity index (χ4v) is 1.85. The van der Waals surface area contributed by atoms with E-state index in [-0.39, 0.29) is 0 Å². The molecular weight excluding hydrogens is 210 g/mol. The van der Waals surface area contributed by atoms with Crippen molar-refractivity contribution < 1.29 is 4.74 Å². The summed E-state index contributed by atoms with van der Waals surface area (Å²) in [6, 6.07) is 8.40. The highest BCUT2D eigenvalue weighted by atomic mass is 16.5. The number of methoxy groups -OCH3 is 1. The Morgan fingerprint density at radius 2 is 1.76 bits per heavy atom. The lowest BCUT2D eigenvalue weighted by Gasteiger charge is -2.04. The van der Waals surface area contributed by atoms with Crippen molar-refractivity contribution in [2.45, 2.75) is 39.0 Å². The van der Waals surface area contributed by atoms with E-state index in [0.29, 0.717) is 0 Å². The van der Waals surface area contributed by atoms with Crippen LogP contribution in [0.3, 0.4) is 0 Å². The van der Waals surface area contributed by atoms with E-state index in [1.807, 2.05) is 12.1 Å². The Kier molecular flexibility index (Phi) is 7.48. The second-order valence-corrected chi connectivity index (χ2v) is 4.41. The fourth-order valence-electron chi connectivity index (χ4n) is 1.85. The Morgan fingerprint density at radius 1 is 1.00 bits per heavy atom. The number of rotatable bonds is 9. The SMILES string of the molecule is CCCNCCCCCc1ccc(OC)cc1. The van der Waals surface area contributed by atoms with Crippen LogP contribution in [-0.2, 0) is 6.42 Å². The lowest BCUT2D eigenvalue weighted by atomic mass is 10.1. The molecule has 0 amide bonds. The number of nitrogens with one attached hydrogen (secondary N) is 1. The van der Waals surface area contributed by atoms with Gasteiger partial charge in [-0.1, -0.05) is 25.5 Å². The molecule has 1 N–H and O–H groups in total. The van der Waals surface area contributed by atoms with Crippen molar-refractivity contribution in [2.75, 3.05) is 20.2 Å². The third-order valence-corrected chi connectivity index (χ3v) is 2.90. The van der Waals surface area contributed by atoms with Crippen LogP contribution in [0.1, 0.15) is 38.2 Å². The van der Waals surface area contributed by atoms with E-state index in [4.69, 9.17) is 4.74 Å². The predicted molar refractivity (Wildman–Crippen MR) is 73.7 cm³/mol. The topological polar surface area (TPSA) is 21.3 Å². The van der Waals surface area contributed by atoms with Gasteiger partial charge in [0.25, 0.3) is 0 Å². The van der Waals surface area contributed by atoms with Crippen molar-refractivity contribution in [3.63, 3.8) is 0 Å². The summed E-state index contributed by atoms with van der Waals surface area (Å²) in [7, 11) is 1.71. The Labute approximate surface area is 105 Å². The van der Waals surface area contributed by atoms with Gasteiger partial charge in [0, 0.05) is 0 Å². The highest BCUT2D eigenvalue weighted by molar-refractivity contribution is 5.27. The van der Waals surface area contributed by atoms with Crippen LogP contribution < -0.4 is 10.1 Å². The highest BCUT2D eigenvalue weighted by Crippen LogP contribution is 2.13. The molecule has 1 aromatic carbocycles. The van der Waals surface area contributed by atoms with Gasteiger partial charge in [0.05, 0.1) is 7.11 Å². The first-order chi connectivity index (χ1) is 8.36. The summed E-state index contributed by atoms with van der Waals surface area (Å²) in [5, 5.41) is 3.43. The monoisotopic (exact) mass is 235 g/mol. The maximum Gasteiger partial charge on any atom is 0.118 e. The van der Waals surface area contributed by atoms with Gasteiger partial charge in [0.15, 0.2) is 0 Å². The molecule has 96 valence electrons. The smallest absolute Gasteiger partial charge is 0.118 e. The quantitative estimate of drug-likeness (QED) is 0.662. The molecule has 2 nitrogen and oxygen atoms in total. The fraction of sp³-hybridized carbons (Fsp3) is 0.600. The minimum atomic E-state index is 0.942. The molecule has 0 saturated carbocycles. The van der Waals surface area contributed by atoms with E-state index in [1.165, 1.54) is 37.7 Å². The summed E-state index contributed by atoms with van der Waals surface area (Å²) in [6.07, 6.45) is 6.28. The lowest BCUT2D eigenvalue weighted by molar-refractivity contribution is 0.414. The van der Waals surface area contributed by atoms with Gasteiger partial charge in [-0.05, 0) is 56.5 Å². The minimum Gasteiger partial charge on any atom is -0.497 e. The molecule has 1 aromatic rings. The van der Waals surface area contributed by atoms with E-state index in [9.17, 15) is 0 Å². The number of unbranched alkanes of at least 4 members (excludes halogenated alkanes) is 2. The molecule has 0 saturated heterocycles. The molecule has 0 bridgehead atoms. The lowest BCUT2D eigenvalue weighted by Crippen LogP contribution is -2.15. The Bertz CT molecular complexity index is 281. The van der Waals surface area contributed by atoms with Crippen molar-refractivity contribution in [3.05, 3.63) is 29.8 Å². The summed E-state index contributed by atoms with van der Waals surface area (Å²) in [5.74, 6) is 0.942. The summed E-state index contributed by atoms with van der Waals surface area (Å²) < 4.78 is 5.14. The van der Waals surface area contributed by atoms with Crippen molar-refractivity contribution in [1.82, 2.24) is 5.32 Å². The average Bonchev–Trinajstić information content (AvgIpc) is 2.38. The van der Waals surface area contributed by atoms with E-state index in [0.717, 1.165) is 18.8 Å². The molecule has 0 unspecified atom stereocenters. The molecule has 17 heavy (non-hydrogen) atoms. The van der Waals surface area contributed by atoms with Crippen LogP contribution in [0.25, 0.3) is 0 Å². The third kappa shape index (κ3) is 6.32. The van der Waals surface area contributed by atoms with Crippen LogP contribution in [0.15, 0.2) is 24.3 Å². The van der Waals surface area contributed by atoms with Crippen LogP contribution in [0, 0.1) is 0 Å². The zero-order valence-corrected chi connectivity index (χ0v) is 11.2. The molecular formula is C15H25NO. The average molecular weight is 235 g/mol. The van der Waals surface area contributed by atoms with Crippen LogP contribution in [0.5, 0.6) is 5.75 Å². The van der Waals surface area contributed by atoms with Gasteiger partial charge in [-0.15, -0.1) is 0 Å². The first kappa shape index (κ1) is 14.0. The molecule has 2 heteroatoms. The normalized spacial score (nSPS) is 10.5. The second kappa shape index (κ2) is 9.06. The summed E-state index contributed by atoms with van der Waals surface area (Å²) in [5.41, 5.74) is 1.41. The Balaban J connectivity index is 2.05. The summed E-state index contributed by atoms with van der Waals surface area (Å²) in [4.78, 5) is 0. The van der Waals surface area contributed by atoms with E-state index in [2.05, 4.69) is 24.4 Å². The van der Waals surface area contributed by atoms with Crippen molar-refractivity contribution in [2.24, 2.45) is 0 Å². The van der Waals surface area contributed by atoms with Crippen LogP contribution >= 0.6 is 0 Å². The molecule has 0 aromatic heterocycles. The summed E-state index contributed by atoms with van der Waals surface area (Å²) in [6.45, 7) is 4.52. The van der Waals surface area contributed by atoms with E-state index in [1.54, 1.807) is 7.11 Å². The maximum atomic E-state index is 5.14. The molecule has 0 atom stereocenters. The van der Waals surface area contributed by atoms with Crippen molar-refractivity contribution in [3.8, 4) is 5.75 Å². The van der Waals surface area contributed by atoms with Gasteiger partial charge in [-0.3, -0.25) is 0 Å². The van der Waals surface area contributed by atoms with E-state index < -0.39 is 0 Å². The zero-order valence-electron chi connectivity index (χ0n) is 11.2. The van der Waals surface area contributed by atoms with Gasteiger partial charge >= 0.3 is 0 Å². The molecule has 0 aliphatic heterocycles. The highest BCUT2D eigenvalue weighted by Gasteiger charge is 1.95. The number of hydrogen-bond acceptors (Lipinski definition) is 2. The van der Waals surface area contributed by atoms with Crippen LogP contribution in [0.2, 0.25) is 0 Å². The third-order valence-electron chi connectivity index (χ3n) is 2.90. The zero-order chi connectivity index (χ0) is 12.3. The summed E-state index contributed by atoms with van der Waals surface area (Å²) >= 11 is 0. The minimum absolute atomic E-state index is 0.942. The van der Waals surface area contributed by atoms with E-state index >= 15 is 0 Å². The first-order valence-electron chi connectivity index (χ1n) is 6.70. The number of ether oxygens (including phenoxy) is 1. The Hall–Kier alpha value is -1.02. The van der Waals surface area contributed by atoms with Crippen molar-refractivity contribution >= 4 is 0 Å². The van der Waals surface area contributed by atoms with Crippen molar-refractivity contribution in [1.29, 1.82) is 0 Å². The largest absolute Gasteiger partial charge is 0.497 e. The molecule has 0 fully saturated rings. The van der Waals surface area contributed by atoms with Gasteiger partial charge < -0.3 is 10.1 Å². The Morgan fingerprint density at radius 3 is 2.41 bits per heavy atom. The van der Waals surface area contributed by atoms with Gasteiger partial charge in [0.1, 0.15) is 5.75 Å². The van der Waals surface area contributed by atoms with Gasteiger partial charge in [-0.25, -0.2) is 0 Å². The number of aryl methyl sites for hydroxylation is 1. The molecule has 0 heterocycles. The molecule has 1 rings (SSSR count). The molecule has 0 aliphatic rings. The maximum absolute atomic E-state index is 5.14. The van der Waals surface area contributed by atoms with Crippen LogP contribution in [0.4, 0.5) is 0 Å². The molecule has 0 radical (unpaired) electrons. The standard InChI is InChI=1S/C15H25NO/c1-3-12-16-13-6-4-5-7-14-8-10-15(17-2)11-9-14/h8-11,16H,3-7,12-13H2,1-2H3. The van der Waals surface area contributed by atoms with Gasteiger partial charge in [-0.2, -0.15) is 0 Å². The number of benzene rings is 1. The number of hydrogen-bond donors (Lipinski definition) is 1. The van der Waals surface area contributed by atoms with Crippen LogP contribution in [-0.4, -0.2) is 20.2 Å². The first-order valence-corrected chi connectivity index (χ1v) is 6.70.